The van der Waals surface area contributed by atoms with Gasteiger partial charge in [0, 0.05) is 16.3 Å². The summed E-state index contributed by atoms with van der Waals surface area (Å²) in [5.41, 5.74) is 3.58. The average molecular weight is 463 g/mol. The van der Waals surface area contributed by atoms with Crippen molar-refractivity contribution in [3.05, 3.63) is 89.0 Å². The number of para-hydroxylation sites is 1. The molecule has 0 radical (unpaired) electrons. The van der Waals surface area contributed by atoms with Crippen LogP contribution in [0.25, 0.3) is 0 Å². The number of thioether (sulfide) groups is 1. The lowest BCUT2D eigenvalue weighted by Gasteiger charge is -2.16. The Morgan fingerprint density at radius 2 is 1.58 bits per heavy atom. The van der Waals surface area contributed by atoms with Gasteiger partial charge in [-0.05, 0) is 67.8 Å². The molecule has 170 valence electrons. The first-order chi connectivity index (χ1) is 15.8. The van der Waals surface area contributed by atoms with E-state index in [0.717, 1.165) is 28.1 Å². The lowest BCUT2D eigenvalue weighted by atomic mass is 10.1. The van der Waals surface area contributed by atoms with Crippen LogP contribution < -0.4 is 10.6 Å². The summed E-state index contributed by atoms with van der Waals surface area (Å²) in [6.07, 6.45) is 0.836. The number of carbonyl (C=O) groups excluding carboxylic acids is 2. The molecule has 0 saturated carbocycles. The van der Waals surface area contributed by atoms with Gasteiger partial charge in [0.05, 0.1) is 16.4 Å². The largest absolute Gasteiger partial charge is 0.478 e. The standard InChI is InChI=1S/C26H26N2O4S/c1-4-18-9-7-8-16(2)23(18)28-24(29)17(3)33-20-14-12-19(13-15-20)27-25(30)21-10-5-6-11-22(21)26(31)32/h5-15,17H,4H2,1-3H3,(H,27,30)(H,28,29)(H,31,32)/t17-/m0/s1. The van der Waals surface area contributed by atoms with Crippen molar-refractivity contribution >= 4 is 40.9 Å². The van der Waals surface area contributed by atoms with E-state index in [4.69, 9.17) is 0 Å². The van der Waals surface area contributed by atoms with E-state index < -0.39 is 11.9 Å². The highest BCUT2D eigenvalue weighted by molar-refractivity contribution is 8.00. The third-order valence-corrected chi connectivity index (χ3v) is 6.30. The predicted molar refractivity (Wildman–Crippen MR) is 132 cm³/mol. The minimum atomic E-state index is -1.16. The first-order valence-electron chi connectivity index (χ1n) is 10.6. The summed E-state index contributed by atoms with van der Waals surface area (Å²) < 4.78 is 0. The summed E-state index contributed by atoms with van der Waals surface area (Å²) in [7, 11) is 0. The van der Waals surface area contributed by atoms with Crippen LogP contribution in [0.5, 0.6) is 0 Å². The van der Waals surface area contributed by atoms with Crippen molar-refractivity contribution < 1.29 is 19.5 Å². The van der Waals surface area contributed by atoms with Crippen molar-refractivity contribution in [2.24, 2.45) is 0 Å². The van der Waals surface area contributed by atoms with Crippen LogP contribution >= 0.6 is 11.8 Å². The zero-order chi connectivity index (χ0) is 24.0. The number of carboxylic acids is 1. The third kappa shape index (κ3) is 6.02. The second-order valence-corrected chi connectivity index (χ2v) is 8.96. The van der Waals surface area contributed by atoms with Crippen LogP contribution in [0.3, 0.4) is 0 Å². The highest BCUT2D eigenvalue weighted by Crippen LogP contribution is 2.27. The topological polar surface area (TPSA) is 95.5 Å². The number of aryl methyl sites for hydroxylation is 2. The molecule has 3 N–H and O–H groups in total. The van der Waals surface area contributed by atoms with Gasteiger partial charge in [0.25, 0.3) is 5.91 Å². The van der Waals surface area contributed by atoms with Crippen LogP contribution in [0.15, 0.2) is 71.6 Å². The molecule has 0 aromatic heterocycles. The van der Waals surface area contributed by atoms with Crippen LogP contribution in [0.2, 0.25) is 0 Å². The molecule has 3 aromatic carbocycles. The van der Waals surface area contributed by atoms with E-state index in [2.05, 4.69) is 17.6 Å². The Morgan fingerprint density at radius 3 is 2.21 bits per heavy atom. The number of rotatable bonds is 8. The second-order valence-electron chi connectivity index (χ2n) is 7.54. The van der Waals surface area contributed by atoms with Crippen LogP contribution in [0.4, 0.5) is 11.4 Å². The Morgan fingerprint density at radius 1 is 0.909 bits per heavy atom. The highest BCUT2D eigenvalue weighted by Gasteiger charge is 2.18. The normalized spacial score (nSPS) is 11.5. The van der Waals surface area contributed by atoms with E-state index in [-0.39, 0.29) is 22.3 Å². The first kappa shape index (κ1) is 24.1. The number of anilines is 2. The molecule has 7 heteroatoms. The molecule has 3 rings (SSSR count). The molecule has 3 aromatic rings. The fraction of sp³-hybridized carbons (Fsp3) is 0.192. The smallest absolute Gasteiger partial charge is 0.336 e. The fourth-order valence-electron chi connectivity index (χ4n) is 3.37. The monoisotopic (exact) mass is 462 g/mol. The summed E-state index contributed by atoms with van der Waals surface area (Å²) in [6, 6.07) is 19.1. The molecular formula is C26H26N2O4S. The maximum Gasteiger partial charge on any atom is 0.336 e. The lowest BCUT2D eigenvalue weighted by molar-refractivity contribution is -0.115. The minimum absolute atomic E-state index is 0.0538. The van der Waals surface area contributed by atoms with E-state index in [9.17, 15) is 19.5 Å². The molecule has 6 nitrogen and oxygen atoms in total. The molecule has 0 aliphatic rings. The molecule has 0 spiro atoms. The van der Waals surface area contributed by atoms with Crippen molar-refractivity contribution in [3.8, 4) is 0 Å². The summed E-state index contributed by atoms with van der Waals surface area (Å²) in [5.74, 6) is -1.73. The van der Waals surface area contributed by atoms with Crippen molar-refractivity contribution in [2.75, 3.05) is 10.6 Å². The lowest BCUT2D eigenvalue weighted by Crippen LogP contribution is -2.23. The van der Waals surface area contributed by atoms with Crippen LogP contribution in [-0.2, 0) is 11.2 Å². The van der Waals surface area contributed by atoms with Gasteiger partial charge in [-0.2, -0.15) is 0 Å². The fourth-order valence-corrected chi connectivity index (χ4v) is 4.23. The summed E-state index contributed by atoms with van der Waals surface area (Å²) >= 11 is 1.42. The SMILES string of the molecule is CCc1cccc(C)c1NC(=O)[C@H](C)Sc1ccc(NC(=O)c2ccccc2C(=O)O)cc1. The van der Waals surface area contributed by atoms with Crippen LogP contribution in [0.1, 0.15) is 45.7 Å². The molecular weight excluding hydrogens is 436 g/mol. The van der Waals surface area contributed by atoms with Gasteiger partial charge in [-0.1, -0.05) is 37.3 Å². The van der Waals surface area contributed by atoms with Crippen molar-refractivity contribution in [2.45, 2.75) is 37.3 Å². The van der Waals surface area contributed by atoms with Gasteiger partial charge in [0.1, 0.15) is 0 Å². The number of benzene rings is 3. The molecule has 0 aliphatic carbocycles. The number of amides is 2. The Hall–Kier alpha value is -3.58. The maximum absolute atomic E-state index is 12.8. The molecule has 0 unspecified atom stereocenters. The zero-order valence-corrected chi connectivity index (χ0v) is 19.5. The molecule has 0 saturated heterocycles. The number of hydrogen-bond acceptors (Lipinski definition) is 4. The number of aromatic carboxylic acids is 1. The zero-order valence-electron chi connectivity index (χ0n) is 18.7. The van der Waals surface area contributed by atoms with Gasteiger partial charge in [0.15, 0.2) is 0 Å². The Bertz CT molecular complexity index is 1180. The van der Waals surface area contributed by atoms with Crippen LogP contribution in [0, 0.1) is 6.92 Å². The summed E-state index contributed by atoms with van der Waals surface area (Å²) in [5, 5.41) is 14.7. The van der Waals surface area contributed by atoms with Crippen molar-refractivity contribution in [1.82, 2.24) is 0 Å². The predicted octanol–water partition coefficient (Wildman–Crippen LogP) is 5.63. The molecule has 0 bridgehead atoms. The van der Waals surface area contributed by atoms with Gasteiger partial charge in [-0.15, -0.1) is 11.8 Å². The number of nitrogens with one attached hydrogen (secondary N) is 2. The molecule has 2 amide bonds. The van der Waals surface area contributed by atoms with Crippen molar-refractivity contribution in [1.29, 1.82) is 0 Å². The quantitative estimate of drug-likeness (QED) is 0.377. The van der Waals surface area contributed by atoms with E-state index >= 15 is 0 Å². The maximum atomic E-state index is 12.8. The summed E-state index contributed by atoms with van der Waals surface area (Å²) in [4.78, 5) is 37.5. The minimum Gasteiger partial charge on any atom is -0.478 e. The average Bonchev–Trinajstić information content (AvgIpc) is 2.81. The Kier molecular flexibility index (Phi) is 7.90. The van der Waals surface area contributed by atoms with Gasteiger partial charge < -0.3 is 15.7 Å². The molecule has 33 heavy (non-hydrogen) atoms. The van der Waals surface area contributed by atoms with Crippen molar-refractivity contribution in [3.63, 3.8) is 0 Å². The highest BCUT2D eigenvalue weighted by atomic mass is 32.2. The third-order valence-electron chi connectivity index (χ3n) is 5.18. The number of carboxylic acid groups (broad SMARTS) is 1. The molecule has 0 fully saturated rings. The molecule has 1 atom stereocenters. The number of carbonyl (C=O) groups is 3. The Labute approximate surface area is 197 Å². The van der Waals surface area contributed by atoms with Crippen LogP contribution in [-0.4, -0.2) is 28.1 Å². The van der Waals surface area contributed by atoms with Gasteiger partial charge in [-0.25, -0.2) is 4.79 Å². The van der Waals surface area contributed by atoms with E-state index in [1.54, 1.807) is 24.3 Å². The second kappa shape index (κ2) is 10.8. The Balaban J connectivity index is 1.63. The first-order valence-corrected chi connectivity index (χ1v) is 11.5. The van der Waals surface area contributed by atoms with Gasteiger partial charge in [0.2, 0.25) is 5.91 Å². The van der Waals surface area contributed by atoms with Gasteiger partial charge in [-0.3, -0.25) is 9.59 Å². The van der Waals surface area contributed by atoms with E-state index in [1.807, 2.05) is 44.2 Å². The van der Waals surface area contributed by atoms with Gasteiger partial charge >= 0.3 is 5.97 Å². The summed E-state index contributed by atoms with van der Waals surface area (Å²) in [6.45, 7) is 5.89. The molecule has 0 aliphatic heterocycles. The molecule has 0 heterocycles. The van der Waals surface area contributed by atoms with E-state index in [0.29, 0.717) is 5.69 Å². The number of hydrogen-bond donors (Lipinski definition) is 3. The van der Waals surface area contributed by atoms with E-state index in [1.165, 1.54) is 23.9 Å².